The Hall–Kier alpha value is -1.02. The molecule has 1 nitrogen and oxygen atoms in total. The number of hydrogen-bond acceptors (Lipinski definition) is 1. The lowest BCUT2D eigenvalue weighted by Gasteiger charge is -2.30. The lowest BCUT2D eigenvalue weighted by atomic mass is 9.75. The molecule has 19 heavy (non-hydrogen) atoms. The van der Waals surface area contributed by atoms with E-state index in [-0.39, 0.29) is 5.41 Å². The fourth-order valence-corrected chi connectivity index (χ4v) is 2.60. The molecule has 0 fully saturated rings. The Bertz CT molecular complexity index is 486. The second kappa shape index (κ2) is 6.42. The number of rotatable bonds is 5. The molecule has 2 heteroatoms. The van der Waals surface area contributed by atoms with E-state index in [4.69, 9.17) is 4.74 Å². The van der Waals surface area contributed by atoms with Gasteiger partial charge in [-0.2, -0.15) is 0 Å². The zero-order valence-electron chi connectivity index (χ0n) is 11.7. The molecular weight excluding hydrogens is 300 g/mol. The number of hydrogen-bond donors (Lipinski definition) is 0. The van der Waals surface area contributed by atoms with Gasteiger partial charge >= 0.3 is 0 Å². The third-order valence-corrected chi connectivity index (χ3v) is 4.03. The Balaban J connectivity index is 2.28. The molecule has 0 unspecified atom stereocenters. The molecule has 0 spiro atoms. The average Bonchev–Trinajstić information content (AvgIpc) is 2.39. The van der Waals surface area contributed by atoms with Crippen LogP contribution in [0.25, 0.3) is 5.57 Å². The fraction of sp³-hybridized carbons (Fsp3) is 0.412. The summed E-state index contributed by atoms with van der Waals surface area (Å²) in [6, 6.07) is 8.36. The minimum absolute atomic E-state index is 0.170. The predicted octanol–water partition coefficient (Wildman–Crippen LogP) is 5.22. The number of para-hydroxylation sites is 1. The highest BCUT2D eigenvalue weighted by molar-refractivity contribution is 9.09. The molecule has 1 aliphatic carbocycles. The van der Waals surface area contributed by atoms with Crippen LogP contribution in [-0.2, 0) is 0 Å². The molecule has 1 aromatic carbocycles. The summed E-state index contributed by atoms with van der Waals surface area (Å²) in [6.45, 7) is 5.33. The summed E-state index contributed by atoms with van der Waals surface area (Å²) in [4.78, 5) is 0. The van der Waals surface area contributed by atoms with E-state index in [0.29, 0.717) is 0 Å². The van der Waals surface area contributed by atoms with E-state index < -0.39 is 0 Å². The van der Waals surface area contributed by atoms with Crippen LogP contribution < -0.4 is 4.74 Å². The minimum Gasteiger partial charge on any atom is -0.493 e. The summed E-state index contributed by atoms with van der Waals surface area (Å²) in [7, 11) is 0. The van der Waals surface area contributed by atoms with Crippen molar-refractivity contribution >= 4 is 21.5 Å². The molecule has 0 saturated carbocycles. The monoisotopic (exact) mass is 320 g/mol. The van der Waals surface area contributed by atoms with Crippen LogP contribution in [0.15, 0.2) is 42.5 Å². The molecular formula is C17H21BrO. The summed E-state index contributed by atoms with van der Waals surface area (Å²) in [5.74, 6) is 0.998. The molecule has 1 aliphatic rings. The smallest absolute Gasteiger partial charge is 0.126 e. The van der Waals surface area contributed by atoms with E-state index in [2.05, 4.69) is 66.2 Å². The number of alkyl halides is 1. The molecule has 0 heterocycles. The molecule has 102 valence electrons. The van der Waals surface area contributed by atoms with E-state index in [1.807, 2.05) is 6.07 Å². The zero-order chi connectivity index (χ0) is 13.7. The molecule has 1 aromatic rings. The number of ether oxygens (including phenoxy) is 1. The molecule has 0 aromatic heterocycles. The predicted molar refractivity (Wildman–Crippen MR) is 85.9 cm³/mol. The Morgan fingerprint density at radius 3 is 2.79 bits per heavy atom. The largest absolute Gasteiger partial charge is 0.493 e. The highest BCUT2D eigenvalue weighted by Crippen LogP contribution is 2.43. The van der Waals surface area contributed by atoms with Crippen LogP contribution in [0.4, 0.5) is 0 Å². The zero-order valence-corrected chi connectivity index (χ0v) is 13.2. The number of halogens is 1. The van der Waals surface area contributed by atoms with Crippen molar-refractivity contribution in [2.45, 2.75) is 26.7 Å². The molecule has 0 bridgehead atoms. The maximum absolute atomic E-state index is 5.93. The first-order chi connectivity index (χ1) is 9.15. The van der Waals surface area contributed by atoms with Crippen LogP contribution >= 0.6 is 15.9 Å². The van der Waals surface area contributed by atoms with Crippen molar-refractivity contribution in [1.29, 1.82) is 0 Å². The molecule has 0 N–H and O–H groups in total. The van der Waals surface area contributed by atoms with Gasteiger partial charge in [0.2, 0.25) is 0 Å². The van der Waals surface area contributed by atoms with Gasteiger partial charge in [-0.25, -0.2) is 0 Å². The van der Waals surface area contributed by atoms with Crippen molar-refractivity contribution in [3.63, 3.8) is 0 Å². The maximum Gasteiger partial charge on any atom is 0.126 e. The van der Waals surface area contributed by atoms with Crippen LogP contribution in [-0.4, -0.2) is 11.9 Å². The first-order valence-electron chi connectivity index (χ1n) is 6.80. The Kier molecular flexibility index (Phi) is 4.87. The van der Waals surface area contributed by atoms with Crippen LogP contribution in [0, 0.1) is 5.41 Å². The summed E-state index contributed by atoms with van der Waals surface area (Å²) in [6.07, 6.45) is 8.70. The third kappa shape index (κ3) is 3.50. The highest BCUT2D eigenvalue weighted by Gasteiger charge is 2.26. The molecule has 0 aliphatic heterocycles. The van der Waals surface area contributed by atoms with Gasteiger partial charge in [0, 0.05) is 10.9 Å². The summed E-state index contributed by atoms with van der Waals surface area (Å²) < 4.78 is 5.93. The molecule has 0 saturated heterocycles. The van der Waals surface area contributed by atoms with Gasteiger partial charge in [-0.15, -0.1) is 0 Å². The molecule has 0 amide bonds. The minimum atomic E-state index is 0.170. The van der Waals surface area contributed by atoms with Crippen molar-refractivity contribution in [3.8, 4) is 5.75 Å². The molecule has 0 radical (unpaired) electrons. The number of allylic oxidation sites excluding steroid dienone is 4. The van der Waals surface area contributed by atoms with Crippen molar-refractivity contribution in [2.75, 3.05) is 11.9 Å². The van der Waals surface area contributed by atoms with Gasteiger partial charge in [0.05, 0.1) is 6.61 Å². The maximum atomic E-state index is 5.93. The third-order valence-electron chi connectivity index (χ3n) is 3.47. The fourth-order valence-electron chi connectivity index (χ4n) is 2.37. The highest BCUT2D eigenvalue weighted by atomic mass is 79.9. The lowest BCUT2D eigenvalue weighted by molar-refractivity contribution is 0.317. The lowest BCUT2D eigenvalue weighted by Crippen LogP contribution is -2.15. The van der Waals surface area contributed by atoms with Crippen molar-refractivity contribution in [1.82, 2.24) is 0 Å². The Morgan fingerprint density at radius 2 is 2.05 bits per heavy atom. The topological polar surface area (TPSA) is 9.23 Å². The van der Waals surface area contributed by atoms with Gasteiger partial charge < -0.3 is 4.74 Å². The molecule has 0 atom stereocenters. The van der Waals surface area contributed by atoms with Gasteiger partial charge in [0.1, 0.15) is 5.75 Å². The second-order valence-corrected chi connectivity index (χ2v) is 6.28. The van der Waals surface area contributed by atoms with Crippen molar-refractivity contribution in [2.24, 2.45) is 5.41 Å². The molecule has 2 rings (SSSR count). The summed E-state index contributed by atoms with van der Waals surface area (Å²) in [5.41, 5.74) is 2.76. The normalized spacial score (nSPS) is 17.1. The van der Waals surface area contributed by atoms with Crippen LogP contribution in [0.2, 0.25) is 0 Å². The SMILES string of the molecule is CC1(C)CC=CC=C1c1ccccc1OCCCBr. The van der Waals surface area contributed by atoms with Crippen LogP contribution in [0.3, 0.4) is 0 Å². The van der Waals surface area contributed by atoms with Gasteiger partial charge in [-0.05, 0) is 29.9 Å². The van der Waals surface area contributed by atoms with Gasteiger partial charge in [0.15, 0.2) is 0 Å². The van der Waals surface area contributed by atoms with E-state index >= 15 is 0 Å². The van der Waals surface area contributed by atoms with Crippen LogP contribution in [0.5, 0.6) is 5.75 Å². The average molecular weight is 321 g/mol. The first kappa shape index (κ1) is 14.4. The second-order valence-electron chi connectivity index (χ2n) is 5.48. The van der Waals surface area contributed by atoms with E-state index in [9.17, 15) is 0 Å². The quantitative estimate of drug-likeness (QED) is 0.534. The Morgan fingerprint density at radius 1 is 1.26 bits per heavy atom. The van der Waals surface area contributed by atoms with Gasteiger partial charge in [0.25, 0.3) is 0 Å². The number of benzene rings is 1. The van der Waals surface area contributed by atoms with E-state index in [1.54, 1.807) is 0 Å². The van der Waals surface area contributed by atoms with Gasteiger partial charge in [-0.1, -0.05) is 66.2 Å². The van der Waals surface area contributed by atoms with E-state index in [0.717, 1.165) is 30.5 Å². The van der Waals surface area contributed by atoms with E-state index in [1.165, 1.54) is 11.1 Å². The van der Waals surface area contributed by atoms with Crippen molar-refractivity contribution in [3.05, 3.63) is 48.1 Å². The summed E-state index contributed by atoms with van der Waals surface area (Å²) in [5, 5.41) is 0.978. The Labute approximate surface area is 124 Å². The van der Waals surface area contributed by atoms with Crippen molar-refractivity contribution < 1.29 is 4.74 Å². The standard InChI is InChI=1S/C17H21BrO/c1-17(2)11-6-5-9-15(17)14-8-3-4-10-16(14)19-13-7-12-18/h3-6,8-10H,7,11-13H2,1-2H3. The first-order valence-corrected chi connectivity index (χ1v) is 7.93. The summed E-state index contributed by atoms with van der Waals surface area (Å²) >= 11 is 3.44. The van der Waals surface area contributed by atoms with Crippen LogP contribution in [0.1, 0.15) is 32.3 Å². The van der Waals surface area contributed by atoms with Gasteiger partial charge in [-0.3, -0.25) is 0 Å².